The molecule has 1 saturated carbocycles. The maximum atomic E-state index is 13.9. The molecule has 2 saturated heterocycles. The molecule has 4 N–H and O–H groups in total. The van der Waals surface area contributed by atoms with Gasteiger partial charge in [-0.3, -0.25) is 14.4 Å². The lowest BCUT2D eigenvalue weighted by atomic mass is 9.69. The predicted molar refractivity (Wildman–Crippen MR) is 123 cm³/mol. The number of carbonyl (C=O) groups is 3. The van der Waals surface area contributed by atoms with E-state index < -0.39 is 17.4 Å². The maximum absolute atomic E-state index is 13.9. The van der Waals surface area contributed by atoms with Crippen LogP contribution in [0.15, 0.2) is 24.3 Å². The number of amides is 3. The van der Waals surface area contributed by atoms with Crippen molar-refractivity contribution in [1.82, 2.24) is 15.2 Å². The van der Waals surface area contributed by atoms with Crippen LogP contribution in [0.1, 0.15) is 42.6 Å². The van der Waals surface area contributed by atoms with Crippen molar-refractivity contribution in [3.63, 3.8) is 0 Å². The van der Waals surface area contributed by atoms with Crippen molar-refractivity contribution >= 4 is 28.6 Å². The zero-order valence-corrected chi connectivity index (χ0v) is 19.2. The number of nitrogens with two attached hydrogens (primary N) is 1. The molecular formula is C25H29N5O4. The van der Waals surface area contributed by atoms with Crippen LogP contribution >= 0.6 is 0 Å². The molecule has 3 amide bonds. The molecule has 0 radical (unpaired) electrons. The molecule has 3 unspecified atom stereocenters. The van der Waals surface area contributed by atoms with E-state index in [2.05, 4.69) is 16.4 Å². The van der Waals surface area contributed by atoms with Crippen LogP contribution in [0.4, 0.5) is 0 Å². The van der Waals surface area contributed by atoms with Gasteiger partial charge in [0.15, 0.2) is 0 Å². The van der Waals surface area contributed by atoms with Crippen LogP contribution in [0.5, 0.6) is 5.75 Å². The summed E-state index contributed by atoms with van der Waals surface area (Å²) in [6, 6.07) is 9.53. The van der Waals surface area contributed by atoms with Crippen molar-refractivity contribution in [2.45, 2.75) is 37.6 Å². The second-order valence-electron chi connectivity index (χ2n) is 9.70. The molecule has 2 aliphatic heterocycles. The van der Waals surface area contributed by atoms with Gasteiger partial charge in [0.1, 0.15) is 17.0 Å². The zero-order valence-electron chi connectivity index (χ0n) is 19.2. The van der Waals surface area contributed by atoms with Gasteiger partial charge >= 0.3 is 0 Å². The van der Waals surface area contributed by atoms with Crippen molar-refractivity contribution < 1.29 is 19.1 Å². The summed E-state index contributed by atoms with van der Waals surface area (Å²) in [6.45, 7) is 0.921. The van der Waals surface area contributed by atoms with Gasteiger partial charge in [-0.2, -0.15) is 5.26 Å². The van der Waals surface area contributed by atoms with Crippen molar-refractivity contribution in [2.24, 2.45) is 29.4 Å². The molecule has 1 aliphatic carbocycles. The number of nitrogens with zero attached hydrogens (tertiary/aromatic N) is 2. The number of carbonyl (C=O) groups excluding carboxylic acids is 3. The summed E-state index contributed by atoms with van der Waals surface area (Å²) in [7, 11) is 1.57. The molecule has 178 valence electrons. The molecular weight excluding hydrogens is 434 g/mol. The number of hydrogen-bond donors (Lipinski definition) is 3. The standard InChI is InChI=1S/C25H29N5O4/c1-34-21-7-3-6-19-17(21)11-20(29-19)23(32)30-13-15-4-2-5-18(15)25(30,24(27)33)16(12-26)10-14-8-9-28-22(14)31/h3,6-7,11,14-16,18,29H,2,4-5,8-10,13H2,1H3,(H2,27,33)(H,28,31)/t14-,15?,16-,18?,25?/m1/s1. The lowest BCUT2D eigenvalue weighted by molar-refractivity contribution is -0.133. The molecule has 9 heteroatoms. The second-order valence-corrected chi connectivity index (χ2v) is 9.70. The Labute approximate surface area is 197 Å². The van der Waals surface area contributed by atoms with Gasteiger partial charge in [-0.15, -0.1) is 0 Å². The lowest BCUT2D eigenvalue weighted by Gasteiger charge is -2.43. The van der Waals surface area contributed by atoms with E-state index in [-0.39, 0.29) is 36.0 Å². The Morgan fingerprint density at radius 3 is 2.85 bits per heavy atom. The molecule has 0 spiro atoms. The van der Waals surface area contributed by atoms with E-state index in [4.69, 9.17) is 10.5 Å². The van der Waals surface area contributed by atoms with E-state index in [9.17, 15) is 19.6 Å². The van der Waals surface area contributed by atoms with Crippen LogP contribution in [-0.4, -0.2) is 53.3 Å². The number of nitrogens with one attached hydrogen (secondary N) is 2. The Balaban J connectivity index is 1.58. The smallest absolute Gasteiger partial charge is 0.271 e. The Hall–Kier alpha value is -3.54. The minimum atomic E-state index is -1.45. The summed E-state index contributed by atoms with van der Waals surface area (Å²) in [5.74, 6) is -1.82. The van der Waals surface area contributed by atoms with Crippen LogP contribution in [-0.2, 0) is 9.59 Å². The molecule has 5 rings (SSSR count). The van der Waals surface area contributed by atoms with Crippen LogP contribution in [0.2, 0.25) is 0 Å². The first kappa shape index (κ1) is 22.3. The van der Waals surface area contributed by atoms with Gasteiger partial charge in [0.2, 0.25) is 11.8 Å². The van der Waals surface area contributed by atoms with Crippen LogP contribution in [0, 0.1) is 35.0 Å². The molecule has 1 aromatic heterocycles. The highest BCUT2D eigenvalue weighted by Gasteiger charge is 2.64. The number of H-pyrrole nitrogens is 1. The third-order valence-electron chi connectivity index (χ3n) is 8.17. The monoisotopic (exact) mass is 463 g/mol. The van der Waals surface area contributed by atoms with E-state index in [0.29, 0.717) is 31.0 Å². The number of rotatable bonds is 6. The average molecular weight is 464 g/mol. The van der Waals surface area contributed by atoms with Gasteiger partial charge < -0.3 is 25.7 Å². The normalized spacial score (nSPS) is 29.0. The van der Waals surface area contributed by atoms with Gasteiger partial charge in [0, 0.05) is 29.9 Å². The first-order valence-corrected chi connectivity index (χ1v) is 11.9. The third-order valence-corrected chi connectivity index (χ3v) is 8.17. The van der Waals surface area contributed by atoms with Crippen molar-refractivity contribution in [2.75, 3.05) is 20.2 Å². The summed E-state index contributed by atoms with van der Waals surface area (Å²) in [5.41, 5.74) is 5.70. The largest absolute Gasteiger partial charge is 0.496 e. The number of likely N-dealkylation sites (tertiary alicyclic amines) is 1. The fourth-order valence-corrected chi connectivity index (χ4v) is 6.66. The number of primary amides is 1. The molecule has 9 nitrogen and oxygen atoms in total. The van der Waals surface area contributed by atoms with Crippen LogP contribution < -0.4 is 15.8 Å². The van der Waals surface area contributed by atoms with Gasteiger partial charge in [0.25, 0.3) is 5.91 Å². The van der Waals surface area contributed by atoms with Crippen molar-refractivity contribution in [1.29, 1.82) is 5.26 Å². The van der Waals surface area contributed by atoms with E-state index in [0.717, 1.165) is 30.2 Å². The molecule has 34 heavy (non-hydrogen) atoms. The highest BCUT2D eigenvalue weighted by atomic mass is 16.5. The summed E-state index contributed by atoms with van der Waals surface area (Å²) in [6.07, 6.45) is 3.35. The molecule has 1 aromatic carbocycles. The summed E-state index contributed by atoms with van der Waals surface area (Å²) in [4.78, 5) is 44.2. The van der Waals surface area contributed by atoms with Crippen molar-refractivity contribution in [3.05, 3.63) is 30.0 Å². The van der Waals surface area contributed by atoms with Gasteiger partial charge in [-0.1, -0.05) is 12.5 Å². The van der Waals surface area contributed by atoms with Crippen molar-refractivity contribution in [3.8, 4) is 11.8 Å². The predicted octanol–water partition coefficient (Wildman–Crippen LogP) is 1.94. The number of benzene rings is 1. The number of methoxy groups -OCH3 is 1. The molecule has 5 atom stereocenters. The maximum Gasteiger partial charge on any atom is 0.271 e. The first-order chi connectivity index (χ1) is 16.4. The number of fused-ring (bicyclic) bond motifs is 2. The third kappa shape index (κ3) is 3.16. The second kappa shape index (κ2) is 8.35. The number of nitriles is 1. The fourth-order valence-electron chi connectivity index (χ4n) is 6.66. The number of hydrogen-bond acceptors (Lipinski definition) is 5. The quantitative estimate of drug-likeness (QED) is 0.600. The van der Waals surface area contributed by atoms with Crippen LogP contribution in [0.3, 0.4) is 0 Å². The highest BCUT2D eigenvalue weighted by Crippen LogP contribution is 2.53. The fraction of sp³-hybridized carbons (Fsp3) is 0.520. The molecule has 3 fully saturated rings. The minimum Gasteiger partial charge on any atom is -0.496 e. The Morgan fingerprint density at radius 2 is 2.18 bits per heavy atom. The molecule has 0 bridgehead atoms. The first-order valence-electron chi connectivity index (χ1n) is 11.9. The average Bonchev–Trinajstić information content (AvgIpc) is 3.60. The lowest BCUT2D eigenvalue weighted by Crippen LogP contribution is -2.63. The van der Waals surface area contributed by atoms with E-state index in [1.54, 1.807) is 18.1 Å². The molecule has 3 aliphatic rings. The van der Waals surface area contributed by atoms with Crippen LogP contribution in [0.25, 0.3) is 10.9 Å². The van der Waals surface area contributed by atoms with E-state index in [1.165, 1.54) is 0 Å². The number of ether oxygens (including phenoxy) is 1. The Bertz CT molecular complexity index is 1200. The van der Waals surface area contributed by atoms with Gasteiger partial charge in [0.05, 0.1) is 19.1 Å². The summed E-state index contributed by atoms with van der Waals surface area (Å²) in [5, 5.41) is 13.8. The highest BCUT2D eigenvalue weighted by molar-refractivity contribution is 6.03. The Kier molecular flexibility index (Phi) is 5.47. The SMILES string of the molecule is COc1cccc2[nH]c(C(=O)N3CC4CCCC4C3(C(N)=O)[C@@H](C#N)C[C@H]3CCNC3=O)cc12. The van der Waals surface area contributed by atoms with Gasteiger partial charge in [-0.05, 0) is 55.7 Å². The summed E-state index contributed by atoms with van der Waals surface area (Å²) < 4.78 is 5.43. The number of aromatic amines is 1. The van der Waals surface area contributed by atoms with Gasteiger partial charge in [-0.25, -0.2) is 0 Å². The topological polar surface area (TPSA) is 141 Å². The summed E-state index contributed by atoms with van der Waals surface area (Å²) >= 11 is 0. The molecule has 3 heterocycles. The minimum absolute atomic E-state index is 0.101. The van der Waals surface area contributed by atoms with E-state index >= 15 is 0 Å². The molecule has 2 aromatic rings. The number of aromatic nitrogens is 1. The zero-order chi connectivity index (χ0) is 24.0. The van der Waals surface area contributed by atoms with E-state index in [1.807, 2.05) is 18.2 Å². The Morgan fingerprint density at radius 1 is 1.35 bits per heavy atom.